The van der Waals surface area contributed by atoms with Crippen LogP contribution in [-0.4, -0.2) is 21.3 Å². The van der Waals surface area contributed by atoms with Gasteiger partial charge in [-0.1, -0.05) is 5.57 Å². The largest absolute Gasteiger partial charge is 0.327 e. The molecule has 1 heterocycles. The average Bonchev–Trinajstić information content (AvgIpc) is 2.51. The van der Waals surface area contributed by atoms with E-state index in [9.17, 15) is 0 Å². The van der Waals surface area contributed by atoms with Gasteiger partial charge < -0.3 is 5.73 Å². The van der Waals surface area contributed by atoms with E-state index in [4.69, 9.17) is 5.73 Å². The van der Waals surface area contributed by atoms with E-state index in [2.05, 4.69) is 10.1 Å². The van der Waals surface area contributed by atoms with Gasteiger partial charge in [-0.15, -0.1) is 0 Å². The van der Waals surface area contributed by atoms with Gasteiger partial charge in [0.25, 0.3) is 0 Å². The van der Waals surface area contributed by atoms with E-state index in [1.54, 1.807) is 6.33 Å². The van der Waals surface area contributed by atoms with Gasteiger partial charge in [0.1, 0.15) is 6.33 Å². The van der Waals surface area contributed by atoms with Crippen LogP contribution in [0.25, 0.3) is 6.08 Å². The second kappa shape index (κ2) is 4.01. The molecule has 0 saturated carbocycles. The number of aryl methyl sites for hydroxylation is 1. The lowest BCUT2D eigenvalue weighted by molar-refractivity contribution is 0.651. The van der Waals surface area contributed by atoms with Crippen LogP contribution in [0.4, 0.5) is 0 Å². The van der Waals surface area contributed by atoms with Crippen LogP contribution in [0.5, 0.6) is 0 Å². The molecule has 0 aliphatic rings. The lowest BCUT2D eigenvalue weighted by Crippen LogP contribution is -2.03. The van der Waals surface area contributed by atoms with Crippen molar-refractivity contribution >= 4 is 6.08 Å². The first-order valence-corrected chi connectivity index (χ1v) is 4.03. The van der Waals surface area contributed by atoms with Crippen LogP contribution in [0.2, 0.25) is 0 Å². The highest BCUT2D eigenvalue weighted by Gasteiger charge is 1.97. The fourth-order valence-electron chi connectivity index (χ4n) is 0.908. The summed E-state index contributed by atoms with van der Waals surface area (Å²) in [4.78, 5) is 4.09. The van der Waals surface area contributed by atoms with E-state index in [1.807, 2.05) is 24.6 Å². The number of nitrogens with zero attached hydrogens (tertiary/aromatic N) is 3. The maximum Gasteiger partial charge on any atom is 0.150 e. The Labute approximate surface area is 72.1 Å². The summed E-state index contributed by atoms with van der Waals surface area (Å²) in [6.07, 6.45) is 3.51. The van der Waals surface area contributed by atoms with Crippen molar-refractivity contribution in [3.63, 3.8) is 0 Å². The molecule has 0 aliphatic carbocycles. The van der Waals surface area contributed by atoms with Gasteiger partial charge in [-0.2, -0.15) is 5.10 Å². The quantitative estimate of drug-likeness (QED) is 0.717. The molecule has 0 aliphatic heterocycles. The first-order valence-electron chi connectivity index (χ1n) is 4.03. The van der Waals surface area contributed by atoms with Crippen molar-refractivity contribution in [1.29, 1.82) is 0 Å². The SMILES string of the molecule is CCn1ncnc1/C=C(/C)CN. The number of hydrogen-bond acceptors (Lipinski definition) is 3. The molecule has 1 aromatic rings. The maximum atomic E-state index is 5.45. The van der Waals surface area contributed by atoms with Crippen LogP contribution in [0.3, 0.4) is 0 Å². The molecule has 0 amide bonds. The first-order chi connectivity index (χ1) is 5.77. The molecule has 1 rings (SSSR count). The Morgan fingerprint density at radius 2 is 2.50 bits per heavy atom. The highest BCUT2D eigenvalue weighted by Crippen LogP contribution is 2.01. The van der Waals surface area contributed by atoms with E-state index in [1.165, 1.54) is 0 Å². The molecule has 0 atom stereocenters. The van der Waals surface area contributed by atoms with Crippen LogP contribution in [0, 0.1) is 0 Å². The zero-order valence-corrected chi connectivity index (χ0v) is 7.49. The molecule has 12 heavy (non-hydrogen) atoms. The van der Waals surface area contributed by atoms with Crippen LogP contribution < -0.4 is 5.73 Å². The molecule has 66 valence electrons. The van der Waals surface area contributed by atoms with E-state index in [-0.39, 0.29) is 0 Å². The van der Waals surface area contributed by atoms with E-state index < -0.39 is 0 Å². The maximum absolute atomic E-state index is 5.45. The van der Waals surface area contributed by atoms with Crippen molar-refractivity contribution in [2.45, 2.75) is 20.4 Å². The predicted molar refractivity (Wildman–Crippen MR) is 48.4 cm³/mol. The number of nitrogens with two attached hydrogens (primary N) is 1. The average molecular weight is 166 g/mol. The van der Waals surface area contributed by atoms with Gasteiger partial charge in [-0.05, 0) is 19.9 Å². The van der Waals surface area contributed by atoms with Crippen molar-refractivity contribution in [3.05, 3.63) is 17.7 Å². The number of aromatic nitrogens is 3. The second-order valence-electron chi connectivity index (χ2n) is 2.63. The summed E-state index contributed by atoms with van der Waals surface area (Å²) < 4.78 is 1.83. The van der Waals surface area contributed by atoms with Crippen molar-refractivity contribution in [2.24, 2.45) is 5.73 Å². The normalized spacial score (nSPS) is 12.1. The first kappa shape index (κ1) is 8.93. The fourth-order valence-corrected chi connectivity index (χ4v) is 0.908. The summed E-state index contributed by atoms with van der Waals surface area (Å²) >= 11 is 0. The van der Waals surface area contributed by atoms with Crippen molar-refractivity contribution in [3.8, 4) is 0 Å². The molecule has 0 bridgehead atoms. The molecular weight excluding hydrogens is 152 g/mol. The summed E-state index contributed by atoms with van der Waals surface area (Å²) in [5.41, 5.74) is 6.56. The lowest BCUT2D eigenvalue weighted by atomic mass is 10.3. The summed E-state index contributed by atoms with van der Waals surface area (Å²) in [6.45, 7) is 5.42. The third-order valence-corrected chi connectivity index (χ3v) is 1.64. The van der Waals surface area contributed by atoms with E-state index in [0.717, 1.165) is 17.9 Å². The molecule has 4 heteroatoms. The molecule has 0 saturated heterocycles. The highest BCUT2D eigenvalue weighted by molar-refractivity contribution is 5.44. The van der Waals surface area contributed by atoms with Crippen molar-refractivity contribution in [2.75, 3.05) is 6.54 Å². The third kappa shape index (κ3) is 1.92. The summed E-state index contributed by atoms with van der Waals surface area (Å²) in [7, 11) is 0. The van der Waals surface area contributed by atoms with Gasteiger partial charge in [0, 0.05) is 13.1 Å². The van der Waals surface area contributed by atoms with Crippen LogP contribution >= 0.6 is 0 Å². The molecule has 1 aromatic heterocycles. The van der Waals surface area contributed by atoms with Gasteiger partial charge in [0.2, 0.25) is 0 Å². The Morgan fingerprint density at radius 1 is 1.75 bits per heavy atom. The Bertz CT molecular complexity index is 274. The van der Waals surface area contributed by atoms with Gasteiger partial charge in [-0.25, -0.2) is 9.67 Å². The van der Waals surface area contributed by atoms with Gasteiger partial charge in [0.15, 0.2) is 5.82 Å². The molecule has 0 aromatic carbocycles. The smallest absolute Gasteiger partial charge is 0.150 e. The van der Waals surface area contributed by atoms with Crippen LogP contribution in [0.15, 0.2) is 11.9 Å². The Kier molecular flexibility index (Phi) is 2.99. The lowest BCUT2D eigenvalue weighted by Gasteiger charge is -1.98. The molecule has 0 fully saturated rings. The molecular formula is C8H14N4. The van der Waals surface area contributed by atoms with Crippen molar-refractivity contribution < 1.29 is 0 Å². The predicted octanol–water partition coefficient (Wildman–Crippen LogP) is 0.660. The standard InChI is InChI=1S/C8H14N4/c1-3-12-8(10-6-11-12)4-7(2)5-9/h4,6H,3,5,9H2,1-2H3/b7-4-. The third-order valence-electron chi connectivity index (χ3n) is 1.64. The summed E-state index contributed by atoms with van der Waals surface area (Å²) in [6, 6.07) is 0. The Hall–Kier alpha value is -1.16. The number of rotatable bonds is 3. The van der Waals surface area contributed by atoms with Gasteiger partial charge in [-0.3, -0.25) is 0 Å². The summed E-state index contributed by atoms with van der Waals surface area (Å²) in [5.74, 6) is 0.875. The Morgan fingerprint density at radius 3 is 3.08 bits per heavy atom. The minimum atomic E-state index is 0.566. The molecule has 0 unspecified atom stereocenters. The highest BCUT2D eigenvalue weighted by atomic mass is 15.3. The molecule has 0 radical (unpaired) electrons. The minimum absolute atomic E-state index is 0.566. The Balaban J connectivity index is 2.87. The van der Waals surface area contributed by atoms with Crippen molar-refractivity contribution in [1.82, 2.24) is 14.8 Å². The van der Waals surface area contributed by atoms with E-state index >= 15 is 0 Å². The zero-order chi connectivity index (χ0) is 8.97. The monoisotopic (exact) mass is 166 g/mol. The molecule has 4 nitrogen and oxygen atoms in total. The summed E-state index contributed by atoms with van der Waals surface area (Å²) in [5, 5.41) is 4.04. The minimum Gasteiger partial charge on any atom is -0.327 e. The topological polar surface area (TPSA) is 56.7 Å². The molecule has 2 N–H and O–H groups in total. The molecule has 0 spiro atoms. The van der Waals surface area contributed by atoms with Gasteiger partial charge in [0.05, 0.1) is 0 Å². The second-order valence-corrected chi connectivity index (χ2v) is 2.63. The zero-order valence-electron chi connectivity index (χ0n) is 7.49. The fraction of sp³-hybridized carbons (Fsp3) is 0.500. The van der Waals surface area contributed by atoms with Gasteiger partial charge >= 0.3 is 0 Å². The van der Waals surface area contributed by atoms with E-state index in [0.29, 0.717) is 6.54 Å². The van der Waals surface area contributed by atoms with Crippen LogP contribution in [-0.2, 0) is 6.54 Å². The number of hydrogen-bond donors (Lipinski definition) is 1. The van der Waals surface area contributed by atoms with Crippen LogP contribution in [0.1, 0.15) is 19.7 Å².